The van der Waals surface area contributed by atoms with E-state index in [1.165, 1.54) is 4.88 Å². The number of aromatic nitrogens is 6. The lowest BCUT2D eigenvalue weighted by molar-refractivity contribution is 0.191. The highest BCUT2D eigenvalue weighted by Gasteiger charge is 2.21. The molecule has 1 aliphatic heterocycles. The molecule has 0 bridgehead atoms. The van der Waals surface area contributed by atoms with Gasteiger partial charge in [0.1, 0.15) is 17.8 Å². The first-order chi connectivity index (χ1) is 14.6. The standard InChI is InChI=1S/C20H22N8OS/c1-14-3-5-17(30-14)16-4-6-18(29)28(24-16)13-26-7-9-27(10-8-26)20-15-11-23-25(2)19(15)21-12-22-20/h3-6,11-12H,7-10,13H2,1-2H3. The Morgan fingerprint density at radius 2 is 1.90 bits per heavy atom. The van der Waals surface area contributed by atoms with Crippen molar-refractivity contribution in [2.24, 2.45) is 7.05 Å². The molecule has 0 saturated carbocycles. The fourth-order valence-electron chi connectivity index (χ4n) is 3.75. The molecule has 0 spiro atoms. The SMILES string of the molecule is Cc1ccc(-c2ccc(=O)n(CN3CCN(c4ncnc5c4cnn5C)CC3)n2)s1. The lowest BCUT2D eigenvalue weighted by Crippen LogP contribution is -2.48. The van der Waals surface area contributed by atoms with Gasteiger partial charge < -0.3 is 4.90 Å². The van der Waals surface area contributed by atoms with Gasteiger partial charge in [-0.1, -0.05) is 0 Å². The second-order valence-corrected chi connectivity index (χ2v) is 8.70. The third-order valence-corrected chi connectivity index (χ3v) is 6.40. The number of hydrogen-bond donors (Lipinski definition) is 0. The molecular weight excluding hydrogens is 400 g/mol. The Bertz CT molecular complexity index is 1250. The highest BCUT2D eigenvalue weighted by Crippen LogP contribution is 2.25. The van der Waals surface area contributed by atoms with Crippen molar-refractivity contribution >= 4 is 28.2 Å². The zero-order valence-corrected chi connectivity index (χ0v) is 17.7. The molecule has 0 aromatic carbocycles. The Kier molecular flexibility index (Phi) is 4.80. The summed E-state index contributed by atoms with van der Waals surface area (Å²) < 4.78 is 3.32. The Balaban J connectivity index is 1.30. The van der Waals surface area contributed by atoms with Crippen LogP contribution in [0.4, 0.5) is 5.82 Å². The van der Waals surface area contributed by atoms with E-state index in [9.17, 15) is 4.79 Å². The van der Waals surface area contributed by atoms with Crippen LogP contribution in [-0.4, -0.2) is 60.6 Å². The number of nitrogens with zero attached hydrogens (tertiary/aromatic N) is 8. The molecule has 1 aliphatic rings. The number of anilines is 1. The van der Waals surface area contributed by atoms with Gasteiger partial charge >= 0.3 is 0 Å². The maximum Gasteiger partial charge on any atom is 0.268 e. The van der Waals surface area contributed by atoms with Gasteiger partial charge in [0.15, 0.2) is 5.65 Å². The van der Waals surface area contributed by atoms with E-state index >= 15 is 0 Å². The summed E-state index contributed by atoms with van der Waals surface area (Å²) in [5.41, 5.74) is 1.59. The molecule has 4 aromatic rings. The second-order valence-electron chi connectivity index (χ2n) is 7.42. The Morgan fingerprint density at radius 3 is 2.67 bits per heavy atom. The van der Waals surface area contributed by atoms with Crippen LogP contribution in [-0.2, 0) is 13.7 Å². The van der Waals surface area contributed by atoms with E-state index in [0.29, 0.717) is 6.67 Å². The first-order valence-electron chi connectivity index (χ1n) is 9.83. The summed E-state index contributed by atoms with van der Waals surface area (Å²) in [4.78, 5) is 28.0. The molecule has 5 rings (SSSR count). The summed E-state index contributed by atoms with van der Waals surface area (Å²) in [6.45, 7) is 5.83. The number of fused-ring (bicyclic) bond motifs is 1. The average Bonchev–Trinajstić information content (AvgIpc) is 3.36. The fraction of sp³-hybridized carbons (Fsp3) is 0.350. The molecule has 1 fully saturated rings. The van der Waals surface area contributed by atoms with Crippen molar-refractivity contribution in [3.05, 3.63) is 52.0 Å². The van der Waals surface area contributed by atoms with Gasteiger partial charge in [0.05, 0.1) is 23.1 Å². The van der Waals surface area contributed by atoms with Crippen molar-refractivity contribution in [3.8, 4) is 10.6 Å². The quantitative estimate of drug-likeness (QED) is 0.495. The van der Waals surface area contributed by atoms with Crippen LogP contribution >= 0.6 is 11.3 Å². The monoisotopic (exact) mass is 422 g/mol. The number of aryl methyl sites for hydroxylation is 2. The molecule has 10 heteroatoms. The Hall–Kier alpha value is -3.11. The molecule has 4 aromatic heterocycles. The van der Waals surface area contributed by atoms with Gasteiger partial charge in [-0.25, -0.2) is 14.6 Å². The van der Waals surface area contributed by atoms with E-state index in [0.717, 1.165) is 53.6 Å². The minimum atomic E-state index is -0.0812. The number of hydrogen-bond acceptors (Lipinski definition) is 8. The zero-order chi connectivity index (χ0) is 20.7. The van der Waals surface area contributed by atoms with Crippen molar-refractivity contribution in [1.29, 1.82) is 0 Å². The van der Waals surface area contributed by atoms with Crippen LogP contribution in [0, 0.1) is 6.92 Å². The molecular formula is C20H22N8OS. The molecule has 1 saturated heterocycles. The number of piperazine rings is 1. The molecule has 154 valence electrons. The minimum Gasteiger partial charge on any atom is -0.353 e. The van der Waals surface area contributed by atoms with E-state index < -0.39 is 0 Å². The predicted molar refractivity (Wildman–Crippen MR) is 117 cm³/mol. The predicted octanol–water partition coefficient (Wildman–Crippen LogP) is 1.74. The van der Waals surface area contributed by atoms with Crippen LogP contribution in [0.3, 0.4) is 0 Å². The summed E-state index contributed by atoms with van der Waals surface area (Å²) in [5.74, 6) is 0.915. The van der Waals surface area contributed by atoms with E-state index in [4.69, 9.17) is 0 Å². The topological polar surface area (TPSA) is 85.0 Å². The summed E-state index contributed by atoms with van der Waals surface area (Å²) in [6, 6.07) is 7.53. The fourth-order valence-corrected chi connectivity index (χ4v) is 4.58. The second kappa shape index (κ2) is 7.62. The first-order valence-corrected chi connectivity index (χ1v) is 10.6. The lowest BCUT2D eigenvalue weighted by Gasteiger charge is -2.35. The highest BCUT2D eigenvalue weighted by molar-refractivity contribution is 7.15. The van der Waals surface area contributed by atoms with Gasteiger partial charge in [0, 0.05) is 44.2 Å². The van der Waals surface area contributed by atoms with Gasteiger partial charge in [-0.05, 0) is 25.1 Å². The van der Waals surface area contributed by atoms with Crippen LogP contribution in [0.2, 0.25) is 0 Å². The summed E-state index contributed by atoms with van der Waals surface area (Å²) >= 11 is 1.68. The van der Waals surface area contributed by atoms with E-state index in [1.807, 2.05) is 13.2 Å². The minimum absolute atomic E-state index is 0.0812. The summed E-state index contributed by atoms with van der Waals surface area (Å²) in [5, 5.41) is 9.86. The van der Waals surface area contributed by atoms with Crippen LogP contribution < -0.4 is 10.5 Å². The van der Waals surface area contributed by atoms with E-state index in [2.05, 4.69) is 49.0 Å². The molecule has 0 unspecified atom stereocenters. The first kappa shape index (κ1) is 18.9. The molecule has 0 N–H and O–H groups in total. The van der Waals surface area contributed by atoms with Gasteiger partial charge in [0.25, 0.3) is 5.56 Å². The van der Waals surface area contributed by atoms with Crippen LogP contribution in [0.5, 0.6) is 0 Å². The maximum absolute atomic E-state index is 12.4. The van der Waals surface area contributed by atoms with Crippen molar-refractivity contribution < 1.29 is 0 Å². The summed E-state index contributed by atoms with van der Waals surface area (Å²) in [6.07, 6.45) is 3.41. The summed E-state index contributed by atoms with van der Waals surface area (Å²) in [7, 11) is 1.88. The van der Waals surface area contributed by atoms with Gasteiger partial charge in [-0.15, -0.1) is 11.3 Å². The molecule has 0 atom stereocenters. The molecule has 30 heavy (non-hydrogen) atoms. The van der Waals surface area contributed by atoms with Crippen molar-refractivity contribution in [3.63, 3.8) is 0 Å². The van der Waals surface area contributed by atoms with Gasteiger partial charge in [-0.3, -0.25) is 14.4 Å². The van der Waals surface area contributed by atoms with Crippen LogP contribution in [0.25, 0.3) is 21.6 Å². The average molecular weight is 423 g/mol. The maximum atomic E-state index is 12.4. The van der Waals surface area contributed by atoms with E-state index in [1.54, 1.807) is 39.2 Å². The van der Waals surface area contributed by atoms with Crippen molar-refractivity contribution in [1.82, 2.24) is 34.4 Å². The molecule has 0 amide bonds. The third kappa shape index (κ3) is 3.48. The molecule has 9 nitrogen and oxygen atoms in total. The molecule has 5 heterocycles. The van der Waals surface area contributed by atoms with Crippen LogP contribution in [0.1, 0.15) is 4.88 Å². The normalized spacial score (nSPS) is 15.2. The Labute approximate surface area is 177 Å². The number of thiophene rings is 1. The largest absolute Gasteiger partial charge is 0.353 e. The lowest BCUT2D eigenvalue weighted by atomic mass is 10.3. The van der Waals surface area contributed by atoms with Crippen molar-refractivity contribution in [2.45, 2.75) is 13.6 Å². The molecule has 0 aliphatic carbocycles. The van der Waals surface area contributed by atoms with E-state index in [-0.39, 0.29) is 5.56 Å². The smallest absolute Gasteiger partial charge is 0.268 e. The molecule has 0 radical (unpaired) electrons. The Morgan fingerprint density at radius 1 is 1.07 bits per heavy atom. The van der Waals surface area contributed by atoms with Crippen LogP contribution in [0.15, 0.2) is 41.6 Å². The number of rotatable bonds is 4. The highest BCUT2D eigenvalue weighted by atomic mass is 32.1. The van der Waals surface area contributed by atoms with Gasteiger partial charge in [-0.2, -0.15) is 10.2 Å². The van der Waals surface area contributed by atoms with Crippen molar-refractivity contribution in [2.75, 3.05) is 31.1 Å². The van der Waals surface area contributed by atoms with Gasteiger partial charge in [0.2, 0.25) is 0 Å². The zero-order valence-electron chi connectivity index (χ0n) is 16.9. The third-order valence-electron chi connectivity index (χ3n) is 5.37.